The van der Waals surface area contributed by atoms with Crippen LogP contribution in [0.15, 0.2) is 18.2 Å². The summed E-state index contributed by atoms with van der Waals surface area (Å²) >= 11 is 0. The first-order valence-corrected chi connectivity index (χ1v) is 7.22. The van der Waals surface area contributed by atoms with Gasteiger partial charge >= 0.3 is 0 Å². The molecule has 0 bridgehead atoms. The Labute approximate surface area is 126 Å². The first kappa shape index (κ1) is 17.4. The maximum atomic E-state index is 13.7. The summed E-state index contributed by atoms with van der Waals surface area (Å²) in [5, 5.41) is 2.95. The monoisotopic (exact) mass is 297 g/mol. The van der Waals surface area contributed by atoms with Crippen LogP contribution in [0.4, 0.5) is 4.39 Å². The second-order valence-electron chi connectivity index (χ2n) is 6.22. The van der Waals surface area contributed by atoms with Gasteiger partial charge in [-0.15, -0.1) is 0 Å². The Bertz CT molecular complexity index is 484. The molecule has 21 heavy (non-hydrogen) atoms. The lowest BCUT2D eigenvalue weighted by Crippen LogP contribution is -3.11. The third-order valence-corrected chi connectivity index (χ3v) is 3.10. The van der Waals surface area contributed by atoms with Gasteiger partial charge in [0.25, 0.3) is 5.91 Å². The second kappa shape index (κ2) is 7.41. The van der Waals surface area contributed by atoms with Crippen molar-refractivity contribution in [2.75, 3.05) is 20.2 Å². The third kappa shape index (κ3) is 6.12. The topological polar surface area (TPSA) is 42.8 Å². The first-order valence-electron chi connectivity index (χ1n) is 7.22. The van der Waals surface area contributed by atoms with E-state index >= 15 is 0 Å². The molecule has 1 amide bonds. The molecule has 5 heteroatoms. The number of halogens is 1. The molecule has 0 radical (unpaired) electrons. The van der Waals surface area contributed by atoms with E-state index in [-0.39, 0.29) is 23.0 Å². The minimum absolute atomic E-state index is 0.00772. The van der Waals surface area contributed by atoms with Gasteiger partial charge < -0.3 is 15.0 Å². The molecule has 2 N–H and O–H groups in total. The maximum Gasteiger partial charge on any atom is 0.275 e. The predicted molar refractivity (Wildman–Crippen MR) is 80.9 cm³/mol. The highest BCUT2D eigenvalue weighted by Crippen LogP contribution is 2.17. The van der Waals surface area contributed by atoms with Gasteiger partial charge in [-0.3, -0.25) is 4.79 Å². The van der Waals surface area contributed by atoms with Crippen LogP contribution in [0.3, 0.4) is 0 Å². The molecule has 0 aliphatic carbocycles. The zero-order chi connectivity index (χ0) is 16.0. The van der Waals surface area contributed by atoms with Crippen molar-refractivity contribution in [1.29, 1.82) is 0 Å². The third-order valence-electron chi connectivity index (χ3n) is 3.10. The summed E-state index contributed by atoms with van der Waals surface area (Å²) in [6.45, 7) is 9.65. The van der Waals surface area contributed by atoms with E-state index in [2.05, 4.69) is 5.32 Å². The summed E-state index contributed by atoms with van der Waals surface area (Å²) in [4.78, 5) is 13.0. The summed E-state index contributed by atoms with van der Waals surface area (Å²) in [7, 11) is 1.44. The molecule has 0 spiro atoms. The summed E-state index contributed by atoms with van der Waals surface area (Å²) < 4.78 is 18.6. The van der Waals surface area contributed by atoms with Crippen molar-refractivity contribution in [2.45, 2.75) is 39.8 Å². The summed E-state index contributed by atoms with van der Waals surface area (Å²) in [5.41, 5.74) is 0.621. The van der Waals surface area contributed by atoms with Crippen molar-refractivity contribution in [3.63, 3.8) is 0 Å². The van der Waals surface area contributed by atoms with Crippen molar-refractivity contribution < 1.29 is 18.8 Å². The maximum absolute atomic E-state index is 13.7. The molecule has 1 unspecified atom stereocenters. The van der Waals surface area contributed by atoms with Gasteiger partial charge in [0.05, 0.1) is 13.7 Å². The fourth-order valence-electron chi connectivity index (χ4n) is 2.11. The number of quaternary nitrogens is 1. The van der Waals surface area contributed by atoms with Crippen LogP contribution in [0.1, 0.15) is 33.3 Å². The standard InChI is InChI=1S/C16H25FN2O2/c1-6-19(11-15(20)18-16(2,3)4)10-12-7-8-14(21-5)13(17)9-12/h7-9H,6,10-11H2,1-5H3,(H,18,20)/p+1. The van der Waals surface area contributed by atoms with Crippen LogP contribution >= 0.6 is 0 Å². The zero-order valence-electron chi connectivity index (χ0n) is 13.5. The molecule has 0 aliphatic rings. The van der Waals surface area contributed by atoms with Gasteiger partial charge in [-0.2, -0.15) is 0 Å². The van der Waals surface area contributed by atoms with Crippen molar-refractivity contribution >= 4 is 5.91 Å². The molecule has 118 valence electrons. The van der Waals surface area contributed by atoms with E-state index in [0.717, 1.165) is 17.0 Å². The Morgan fingerprint density at radius 2 is 2.05 bits per heavy atom. The molecule has 0 saturated carbocycles. The number of hydrogen-bond acceptors (Lipinski definition) is 2. The largest absolute Gasteiger partial charge is 0.494 e. The van der Waals surface area contributed by atoms with Gasteiger partial charge in [-0.1, -0.05) is 0 Å². The van der Waals surface area contributed by atoms with Crippen molar-refractivity contribution in [1.82, 2.24) is 5.32 Å². The smallest absolute Gasteiger partial charge is 0.275 e. The Morgan fingerprint density at radius 1 is 1.38 bits per heavy atom. The molecule has 1 aromatic rings. The van der Waals surface area contributed by atoms with Gasteiger partial charge in [0.1, 0.15) is 6.54 Å². The van der Waals surface area contributed by atoms with Crippen LogP contribution in [-0.4, -0.2) is 31.6 Å². The number of methoxy groups -OCH3 is 1. The highest BCUT2D eigenvalue weighted by atomic mass is 19.1. The molecule has 0 aromatic heterocycles. The zero-order valence-corrected chi connectivity index (χ0v) is 13.5. The quantitative estimate of drug-likeness (QED) is 0.827. The van der Waals surface area contributed by atoms with Crippen LogP contribution in [0.5, 0.6) is 5.75 Å². The number of amides is 1. The lowest BCUT2D eigenvalue weighted by molar-refractivity contribution is -0.904. The highest BCUT2D eigenvalue weighted by Gasteiger charge is 2.19. The van der Waals surface area contributed by atoms with Gasteiger partial charge in [0.2, 0.25) is 0 Å². The van der Waals surface area contributed by atoms with E-state index in [4.69, 9.17) is 4.74 Å². The Morgan fingerprint density at radius 3 is 2.52 bits per heavy atom. The average molecular weight is 297 g/mol. The summed E-state index contributed by atoms with van der Waals surface area (Å²) in [6, 6.07) is 4.92. The number of rotatable bonds is 6. The van der Waals surface area contributed by atoms with Crippen LogP contribution in [0.2, 0.25) is 0 Å². The van der Waals surface area contributed by atoms with Crippen LogP contribution < -0.4 is 15.0 Å². The van der Waals surface area contributed by atoms with E-state index in [1.807, 2.05) is 33.8 Å². The minimum Gasteiger partial charge on any atom is -0.494 e. The van der Waals surface area contributed by atoms with E-state index in [1.54, 1.807) is 6.07 Å². The number of ether oxygens (including phenoxy) is 1. The van der Waals surface area contributed by atoms with Crippen LogP contribution in [0.25, 0.3) is 0 Å². The predicted octanol–water partition coefficient (Wildman–Crippen LogP) is 1.15. The van der Waals surface area contributed by atoms with Crippen LogP contribution in [0, 0.1) is 5.82 Å². The van der Waals surface area contributed by atoms with Crippen molar-refractivity contribution in [3.05, 3.63) is 29.6 Å². The molecular formula is C16H26FN2O2+. The highest BCUT2D eigenvalue weighted by molar-refractivity contribution is 5.77. The Kier molecular flexibility index (Phi) is 6.15. The van der Waals surface area contributed by atoms with E-state index < -0.39 is 0 Å². The van der Waals surface area contributed by atoms with Gasteiger partial charge in [0.15, 0.2) is 18.1 Å². The normalized spacial score (nSPS) is 12.9. The number of hydrogen-bond donors (Lipinski definition) is 2. The van der Waals surface area contributed by atoms with Gasteiger partial charge in [-0.05, 0) is 45.9 Å². The fourth-order valence-corrected chi connectivity index (χ4v) is 2.11. The SMILES string of the molecule is CC[NH+](CC(=O)NC(C)(C)C)Cc1ccc(OC)c(F)c1. The van der Waals surface area contributed by atoms with E-state index in [9.17, 15) is 9.18 Å². The lowest BCUT2D eigenvalue weighted by Gasteiger charge is -2.23. The lowest BCUT2D eigenvalue weighted by atomic mass is 10.1. The fraction of sp³-hybridized carbons (Fsp3) is 0.562. The number of nitrogens with one attached hydrogen (secondary N) is 2. The van der Waals surface area contributed by atoms with E-state index in [1.165, 1.54) is 13.2 Å². The van der Waals surface area contributed by atoms with E-state index in [0.29, 0.717) is 13.1 Å². The Hall–Kier alpha value is -1.62. The summed E-state index contributed by atoms with van der Waals surface area (Å²) in [6.07, 6.45) is 0. The second-order valence-corrected chi connectivity index (χ2v) is 6.22. The van der Waals surface area contributed by atoms with Crippen molar-refractivity contribution in [2.24, 2.45) is 0 Å². The molecule has 0 saturated heterocycles. The minimum atomic E-state index is -0.371. The van der Waals surface area contributed by atoms with Crippen molar-refractivity contribution in [3.8, 4) is 5.75 Å². The molecule has 0 aliphatic heterocycles. The number of likely N-dealkylation sites (N-methyl/N-ethyl adjacent to an activating group) is 1. The van der Waals surface area contributed by atoms with Gasteiger partial charge in [0, 0.05) is 11.1 Å². The molecule has 0 fully saturated rings. The first-order chi connectivity index (χ1) is 9.75. The van der Waals surface area contributed by atoms with Crippen LogP contribution in [-0.2, 0) is 11.3 Å². The molecule has 1 atom stereocenters. The number of benzene rings is 1. The molecule has 0 heterocycles. The molecule has 4 nitrogen and oxygen atoms in total. The molecule has 1 rings (SSSR count). The molecular weight excluding hydrogens is 271 g/mol. The van der Waals surface area contributed by atoms with Gasteiger partial charge in [-0.25, -0.2) is 4.39 Å². The molecule has 1 aromatic carbocycles. The summed E-state index contributed by atoms with van der Waals surface area (Å²) in [5.74, 6) is -0.125. The number of carbonyl (C=O) groups is 1. The number of carbonyl (C=O) groups excluding carboxylic acids is 1. The Balaban J connectivity index is 2.66. The average Bonchev–Trinajstić information content (AvgIpc) is 2.36.